The Morgan fingerprint density at radius 2 is 2.27 bits per heavy atom. The van der Waals surface area contributed by atoms with Crippen LogP contribution in [0.4, 0.5) is 0 Å². The summed E-state index contributed by atoms with van der Waals surface area (Å²) < 4.78 is 6.11. The average Bonchev–Trinajstić information content (AvgIpc) is 2.15. The lowest BCUT2D eigenvalue weighted by Crippen LogP contribution is -2.15. The minimum atomic E-state index is 0.0728. The molecule has 1 rings (SSSR count). The molecule has 0 radical (unpaired) electrons. The minimum absolute atomic E-state index is 0.0728. The van der Waals surface area contributed by atoms with Crippen molar-refractivity contribution in [2.45, 2.75) is 26.4 Å². The van der Waals surface area contributed by atoms with Crippen LogP contribution in [0.25, 0.3) is 0 Å². The van der Waals surface area contributed by atoms with Crippen molar-refractivity contribution in [3.05, 3.63) is 28.5 Å². The maximum absolute atomic E-state index is 11.5. The van der Waals surface area contributed by atoms with Crippen molar-refractivity contribution in [2.24, 2.45) is 0 Å². The number of halogens is 1. The van der Waals surface area contributed by atoms with Crippen LogP contribution >= 0.6 is 15.9 Å². The number of carbonyl (C=O) groups excluding carboxylic acids is 1. The van der Waals surface area contributed by atoms with Crippen molar-refractivity contribution < 1.29 is 9.53 Å². The van der Waals surface area contributed by atoms with Crippen LogP contribution in [0.2, 0.25) is 0 Å². The molecular formula is C11H14BrNO2. The lowest BCUT2D eigenvalue weighted by Gasteiger charge is -2.06. The van der Waals surface area contributed by atoms with E-state index in [1.165, 1.54) is 0 Å². The van der Waals surface area contributed by atoms with Gasteiger partial charge in [-0.15, -0.1) is 0 Å². The third-order valence-corrected chi connectivity index (χ3v) is 2.17. The molecule has 0 aliphatic heterocycles. The fourth-order valence-electron chi connectivity index (χ4n) is 1.09. The quantitative estimate of drug-likeness (QED) is 0.826. The molecule has 0 bridgehead atoms. The second kappa shape index (κ2) is 5.98. The summed E-state index contributed by atoms with van der Waals surface area (Å²) in [6.07, 6.45) is 3.85. The minimum Gasteiger partial charge on any atom is -0.371 e. The first-order valence-corrected chi connectivity index (χ1v) is 5.60. The Morgan fingerprint density at radius 1 is 1.53 bits per heavy atom. The number of rotatable bonds is 5. The maximum atomic E-state index is 11.5. The molecule has 0 spiro atoms. The van der Waals surface area contributed by atoms with E-state index in [1.54, 1.807) is 12.4 Å². The first-order chi connectivity index (χ1) is 7.08. The molecule has 3 nitrogen and oxygen atoms in total. The molecule has 0 atom stereocenters. The van der Waals surface area contributed by atoms with Gasteiger partial charge in [0.25, 0.3) is 0 Å². The van der Waals surface area contributed by atoms with Crippen LogP contribution in [-0.2, 0) is 16.0 Å². The van der Waals surface area contributed by atoms with Gasteiger partial charge in [-0.1, -0.05) is 0 Å². The third-order valence-electron chi connectivity index (χ3n) is 1.74. The van der Waals surface area contributed by atoms with Crippen molar-refractivity contribution in [1.82, 2.24) is 4.98 Å². The Kier molecular flexibility index (Phi) is 4.91. The number of pyridine rings is 1. The number of hydrogen-bond acceptors (Lipinski definition) is 3. The molecule has 1 aromatic heterocycles. The smallest absolute Gasteiger partial charge is 0.162 e. The zero-order chi connectivity index (χ0) is 11.3. The third kappa shape index (κ3) is 5.04. The molecule has 0 aliphatic carbocycles. The van der Waals surface area contributed by atoms with Crippen LogP contribution in [0.3, 0.4) is 0 Å². The summed E-state index contributed by atoms with van der Waals surface area (Å²) in [4.78, 5) is 15.5. The van der Waals surface area contributed by atoms with Gasteiger partial charge in [-0.25, -0.2) is 0 Å². The highest BCUT2D eigenvalue weighted by molar-refractivity contribution is 9.10. The van der Waals surface area contributed by atoms with Crippen molar-refractivity contribution in [3.63, 3.8) is 0 Å². The van der Waals surface area contributed by atoms with Crippen molar-refractivity contribution in [2.75, 3.05) is 6.61 Å². The normalized spacial score (nSPS) is 10.7. The van der Waals surface area contributed by atoms with Crippen LogP contribution in [0.1, 0.15) is 19.4 Å². The van der Waals surface area contributed by atoms with E-state index in [-0.39, 0.29) is 18.5 Å². The van der Waals surface area contributed by atoms with E-state index in [4.69, 9.17) is 4.74 Å². The number of ether oxygens (including phenoxy) is 1. The van der Waals surface area contributed by atoms with Gasteiger partial charge in [0, 0.05) is 23.3 Å². The lowest BCUT2D eigenvalue weighted by atomic mass is 10.1. The van der Waals surface area contributed by atoms with E-state index < -0.39 is 0 Å². The van der Waals surface area contributed by atoms with Crippen molar-refractivity contribution in [3.8, 4) is 0 Å². The molecule has 4 heteroatoms. The Balaban J connectivity index is 2.44. The summed E-state index contributed by atoms with van der Waals surface area (Å²) in [5, 5.41) is 0. The van der Waals surface area contributed by atoms with Crippen LogP contribution < -0.4 is 0 Å². The SMILES string of the molecule is CC(C)OCC(=O)Cc1cncc(Br)c1. The molecule has 0 N–H and O–H groups in total. The largest absolute Gasteiger partial charge is 0.371 e. The molecule has 82 valence electrons. The van der Waals surface area contributed by atoms with Gasteiger partial charge in [0.05, 0.1) is 6.10 Å². The predicted octanol–water partition coefficient (Wildman–Crippen LogP) is 2.38. The molecule has 0 amide bonds. The summed E-state index contributed by atoms with van der Waals surface area (Å²) in [6, 6.07) is 1.89. The van der Waals surface area contributed by atoms with Gasteiger partial charge in [0.15, 0.2) is 5.78 Å². The summed E-state index contributed by atoms with van der Waals surface area (Å²) in [7, 11) is 0. The van der Waals surface area contributed by atoms with Gasteiger partial charge >= 0.3 is 0 Å². The molecule has 15 heavy (non-hydrogen) atoms. The Morgan fingerprint density at radius 3 is 2.87 bits per heavy atom. The van der Waals surface area contributed by atoms with E-state index in [0.29, 0.717) is 6.42 Å². The van der Waals surface area contributed by atoms with Gasteiger partial charge in [0.1, 0.15) is 6.61 Å². The van der Waals surface area contributed by atoms with Crippen LogP contribution in [-0.4, -0.2) is 23.5 Å². The monoisotopic (exact) mass is 271 g/mol. The van der Waals surface area contributed by atoms with E-state index >= 15 is 0 Å². The van der Waals surface area contributed by atoms with Crippen molar-refractivity contribution in [1.29, 1.82) is 0 Å². The zero-order valence-electron chi connectivity index (χ0n) is 8.87. The van der Waals surface area contributed by atoms with Crippen LogP contribution in [0.15, 0.2) is 22.9 Å². The van der Waals surface area contributed by atoms with Gasteiger partial charge in [-0.05, 0) is 41.4 Å². The molecule has 1 aromatic rings. The molecule has 0 unspecified atom stereocenters. The zero-order valence-corrected chi connectivity index (χ0v) is 10.5. The Labute approximate surface area is 98.0 Å². The lowest BCUT2D eigenvalue weighted by molar-refractivity contribution is -0.124. The fraction of sp³-hybridized carbons (Fsp3) is 0.455. The number of carbonyl (C=O) groups is 1. The molecule has 0 saturated heterocycles. The van der Waals surface area contributed by atoms with Crippen LogP contribution in [0, 0.1) is 0 Å². The standard InChI is InChI=1S/C11H14BrNO2/c1-8(2)15-7-11(14)4-9-3-10(12)6-13-5-9/h3,5-6,8H,4,7H2,1-2H3. The fourth-order valence-corrected chi connectivity index (χ4v) is 1.50. The van der Waals surface area contributed by atoms with Gasteiger partial charge < -0.3 is 4.74 Å². The average molecular weight is 272 g/mol. The highest BCUT2D eigenvalue weighted by Gasteiger charge is 2.05. The maximum Gasteiger partial charge on any atom is 0.162 e. The Bertz CT molecular complexity index is 339. The highest BCUT2D eigenvalue weighted by Crippen LogP contribution is 2.10. The second-order valence-electron chi connectivity index (χ2n) is 3.59. The number of Topliss-reactive ketones (excluding diaryl/α,β-unsaturated/α-hetero) is 1. The van der Waals surface area contributed by atoms with Gasteiger partial charge in [-0.3, -0.25) is 9.78 Å². The topological polar surface area (TPSA) is 39.2 Å². The molecule has 0 saturated carbocycles. The first kappa shape index (κ1) is 12.3. The van der Waals surface area contributed by atoms with Gasteiger partial charge in [0.2, 0.25) is 0 Å². The summed E-state index contributed by atoms with van der Waals surface area (Å²) in [5.41, 5.74) is 0.904. The van der Waals surface area contributed by atoms with E-state index in [1.807, 2.05) is 19.9 Å². The summed E-state index contributed by atoms with van der Waals surface area (Å²) in [5.74, 6) is 0.0728. The molecule has 0 aromatic carbocycles. The van der Waals surface area contributed by atoms with E-state index in [9.17, 15) is 4.79 Å². The second-order valence-corrected chi connectivity index (χ2v) is 4.50. The molecule has 0 aliphatic rings. The number of ketones is 1. The predicted molar refractivity (Wildman–Crippen MR) is 61.7 cm³/mol. The van der Waals surface area contributed by atoms with Gasteiger partial charge in [-0.2, -0.15) is 0 Å². The number of nitrogens with zero attached hydrogens (tertiary/aromatic N) is 1. The van der Waals surface area contributed by atoms with Crippen molar-refractivity contribution >= 4 is 21.7 Å². The molecular weight excluding hydrogens is 258 g/mol. The Hall–Kier alpha value is -0.740. The first-order valence-electron chi connectivity index (χ1n) is 4.80. The summed E-state index contributed by atoms with van der Waals surface area (Å²) >= 11 is 3.31. The van der Waals surface area contributed by atoms with E-state index in [2.05, 4.69) is 20.9 Å². The van der Waals surface area contributed by atoms with E-state index in [0.717, 1.165) is 10.0 Å². The summed E-state index contributed by atoms with van der Waals surface area (Å²) in [6.45, 7) is 3.99. The van der Waals surface area contributed by atoms with Crippen LogP contribution in [0.5, 0.6) is 0 Å². The number of hydrogen-bond donors (Lipinski definition) is 0. The molecule has 0 fully saturated rings. The number of aromatic nitrogens is 1. The highest BCUT2D eigenvalue weighted by atomic mass is 79.9. The molecule has 1 heterocycles.